The van der Waals surface area contributed by atoms with Gasteiger partial charge in [-0.1, -0.05) is 18.2 Å². The molecule has 1 aliphatic rings. The molecule has 4 aromatic rings. The number of carbonyl (C=O) groups excluding carboxylic acids is 1. The van der Waals surface area contributed by atoms with E-state index in [-0.39, 0.29) is 5.91 Å². The first-order chi connectivity index (χ1) is 13.7. The Hall–Kier alpha value is -3.48. The van der Waals surface area contributed by atoms with Gasteiger partial charge in [-0.25, -0.2) is 9.97 Å². The van der Waals surface area contributed by atoms with Crippen LogP contribution in [0.25, 0.3) is 16.9 Å². The Labute approximate surface area is 161 Å². The maximum absolute atomic E-state index is 12.9. The quantitative estimate of drug-likeness (QED) is 0.563. The summed E-state index contributed by atoms with van der Waals surface area (Å²) in [6.45, 7) is 2.27. The minimum absolute atomic E-state index is 0.0987. The zero-order chi connectivity index (χ0) is 19.1. The lowest BCUT2D eigenvalue weighted by molar-refractivity contribution is 0.0949. The Bertz CT molecular complexity index is 1170. The van der Waals surface area contributed by atoms with Crippen LogP contribution in [0.1, 0.15) is 46.1 Å². The SMILES string of the molecule is Cc1[nH]nc(C2CC2)c1C(=O)NCc1cccnc1-n1cnc2ccccc21. The lowest BCUT2D eigenvalue weighted by Gasteiger charge is -2.11. The number of imidazole rings is 1. The molecule has 1 aliphatic carbocycles. The maximum atomic E-state index is 12.9. The molecule has 3 aromatic heterocycles. The number of H-pyrrole nitrogens is 1. The van der Waals surface area contributed by atoms with Gasteiger partial charge in [0.2, 0.25) is 0 Å². The Morgan fingerprint density at radius 1 is 1.21 bits per heavy atom. The van der Waals surface area contributed by atoms with Crippen LogP contribution in [0.5, 0.6) is 0 Å². The van der Waals surface area contributed by atoms with E-state index < -0.39 is 0 Å². The van der Waals surface area contributed by atoms with Gasteiger partial charge < -0.3 is 5.32 Å². The number of hydrogen-bond donors (Lipinski definition) is 2. The van der Waals surface area contributed by atoms with Gasteiger partial charge >= 0.3 is 0 Å². The molecular formula is C21H20N6O. The van der Waals surface area contributed by atoms with E-state index in [2.05, 4.69) is 25.5 Å². The summed E-state index contributed by atoms with van der Waals surface area (Å²) in [5.41, 5.74) is 5.20. The van der Waals surface area contributed by atoms with Crippen LogP contribution in [0.15, 0.2) is 48.9 Å². The number of carbonyl (C=O) groups is 1. The van der Waals surface area contributed by atoms with Crippen LogP contribution in [0.2, 0.25) is 0 Å². The van der Waals surface area contributed by atoms with Crippen LogP contribution in [0.3, 0.4) is 0 Å². The van der Waals surface area contributed by atoms with Gasteiger partial charge in [0.15, 0.2) is 0 Å². The van der Waals surface area contributed by atoms with E-state index in [9.17, 15) is 4.79 Å². The molecule has 1 saturated carbocycles. The molecule has 140 valence electrons. The first-order valence-corrected chi connectivity index (χ1v) is 9.42. The number of para-hydroxylation sites is 2. The second-order valence-corrected chi connectivity index (χ2v) is 7.16. The second-order valence-electron chi connectivity index (χ2n) is 7.16. The first kappa shape index (κ1) is 16.7. The second kappa shape index (κ2) is 6.60. The largest absolute Gasteiger partial charge is 0.348 e. The highest BCUT2D eigenvalue weighted by molar-refractivity contribution is 5.96. The number of pyridine rings is 1. The molecule has 2 N–H and O–H groups in total. The minimum atomic E-state index is -0.0987. The van der Waals surface area contributed by atoms with Crippen molar-refractivity contribution in [1.29, 1.82) is 0 Å². The molecule has 1 fully saturated rings. The molecule has 5 rings (SSSR count). The molecule has 0 bridgehead atoms. The Morgan fingerprint density at radius 3 is 2.93 bits per heavy atom. The molecule has 0 saturated heterocycles. The summed E-state index contributed by atoms with van der Waals surface area (Å²) >= 11 is 0. The van der Waals surface area contributed by atoms with Gasteiger partial charge in [0.25, 0.3) is 5.91 Å². The minimum Gasteiger partial charge on any atom is -0.348 e. The van der Waals surface area contributed by atoms with Crippen LogP contribution in [0, 0.1) is 6.92 Å². The number of nitrogens with one attached hydrogen (secondary N) is 2. The number of nitrogens with zero attached hydrogens (tertiary/aromatic N) is 4. The molecule has 1 aromatic carbocycles. The summed E-state index contributed by atoms with van der Waals surface area (Å²) in [6.07, 6.45) is 5.72. The molecule has 0 atom stereocenters. The molecule has 7 nitrogen and oxygen atoms in total. The van der Waals surface area contributed by atoms with Crippen molar-refractivity contribution in [2.45, 2.75) is 32.2 Å². The molecular weight excluding hydrogens is 352 g/mol. The topological polar surface area (TPSA) is 88.5 Å². The van der Waals surface area contributed by atoms with Crippen molar-refractivity contribution >= 4 is 16.9 Å². The van der Waals surface area contributed by atoms with Crippen molar-refractivity contribution in [2.75, 3.05) is 0 Å². The summed E-state index contributed by atoms with van der Waals surface area (Å²) < 4.78 is 1.95. The van der Waals surface area contributed by atoms with Crippen molar-refractivity contribution in [2.24, 2.45) is 0 Å². The zero-order valence-electron chi connectivity index (χ0n) is 15.5. The number of rotatable bonds is 5. The molecule has 7 heteroatoms. The number of amides is 1. The molecule has 0 unspecified atom stereocenters. The van der Waals surface area contributed by atoms with Gasteiger partial charge in [0.05, 0.1) is 22.3 Å². The summed E-state index contributed by atoms with van der Waals surface area (Å²) in [4.78, 5) is 21.8. The number of aromatic amines is 1. The third-order valence-electron chi connectivity index (χ3n) is 5.15. The fourth-order valence-corrected chi connectivity index (χ4v) is 3.56. The smallest absolute Gasteiger partial charge is 0.255 e. The van der Waals surface area contributed by atoms with Gasteiger partial charge in [-0.05, 0) is 38.0 Å². The summed E-state index contributed by atoms with van der Waals surface area (Å²) in [5, 5.41) is 10.3. The van der Waals surface area contributed by atoms with E-state index in [0.29, 0.717) is 18.0 Å². The van der Waals surface area contributed by atoms with Crippen LogP contribution >= 0.6 is 0 Å². The van der Waals surface area contributed by atoms with Gasteiger partial charge in [-0.15, -0.1) is 0 Å². The molecule has 3 heterocycles. The molecule has 0 radical (unpaired) electrons. The fraction of sp³-hybridized carbons (Fsp3) is 0.238. The van der Waals surface area contributed by atoms with Crippen LogP contribution in [-0.2, 0) is 6.54 Å². The van der Waals surface area contributed by atoms with Gasteiger partial charge in [-0.3, -0.25) is 14.5 Å². The molecule has 0 spiro atoms. The lowest BCUT2D eigenvalue weighted by atomic mass is 10.1. The third-order valence-corrected chi connectivity index (χ3v) is 5.15. The Kier molecular flexibility index (Phi) is 3.93. The number of hydrogen-bond acceptors (Lipinski definition) is 4. The number of fused-ring (bicyclic) bond motifs is 1. The first-order valence-electron chi connectivity index (χ1n) is 9.42. The maximum Gasteiger partial charge on any atom is 0.255 e. The normalized spacial score (nSPS) is 13.8. The zero-order valence-corrected chi connectivity index (χ0v) is 15.5. The fourth-order valence-electron chi connectivity index (χ4n) is 3.56. The van der Waals surface area contributed by atoms with Crippen molar-refractivity contribution in [3.05, 3.63) is 71.4 Å². The molecule has 1 amide bonds. The summed E-state index contributed by atoms with van der Waals surface area (Å²) in [6, 6.07) is 11.8. The Morgan fingerprint density at radius 2 is 2.07 bits per heavy atom. The monoisotopic (exact) mass is 372 g/mol. The highest BCUT2D eigenvalue weighted by Crippen LogP contribution is 2.41. The van der Waals surface area contributed by atoms with Crippen LogP contribution in [0.4, 0.5) is 0 Å². The highest BCUT2D eigenvalue weighted by atomic mass is 16.1. The summed E-state index contributed by atoms with van der Waals surface area (Å²) in [5.74, 6) is 1.08. The predicted octanol–water partition coefficient (Wildman–Crippen LogP) is 3.26. The van der Waals surface area contributed by atoms with E-state index >= 15 is 0 Å². The highest BCUT2D eigenvalue weighted by Gasteiger charge is 2.32. The van der Waals surface area contributed by atoms with Crippen molar-refractivity contribution in [3.63, 3.8) is 0 Å². The average molecular weight is 372 g/mol. The van der Waals surface area contributed by atoms with Crippen molar-refractivity contribution in [1.82, 2.24) is 30.0 Å². The number of aromatic nitrogens is 5. The average Bonchev–Trinajstić information content (AvgIpc) is 3.36. The van der Waals surface area contributed by atoms with E-state index in [1.807, 2.05) is 47.9 Å². The van der Waals surface area contributed by atoms with Crippen LogP contribution in [-0.4, -0.2) is 30.6 Å². The molecule has 28 heavy (non-hydrogen) atoms. The van der Waals surface area contributed by atoms with Gasteiger partial charge in [0, 0.05) is 29.9 Å². The molecule has 0 aliphatic heterocycles. The van der Waals surface area contributed by atoms with Crippen molar-refractivity contribution in [3.8, 4) is 5.82 Å². The number of benzene rings is 1. The number of aryl methyl sites for hydroxylation is 1. The standard InChI is InChI=1S/C21H20N6O/c1-13-18(19(26-25-13)14-8-9-14)21(28)23-11-15-5-4-10-22-20(15)27-12-24-16-6-2-3-7-17(16)27/h2-7,10,12,14H,8-9,11H2,1H3,(H,23,28)(H,25,26). The van der Waals surface area contributed by atoms with E-state index in [1.54, 1.807) is 12.5 Å². The lowest BCUT2D eigenvalue weighted by Crippen LogP contribution is -2.25. The van der Waals surface area contributed by atoms with Gasteiger partial charge in [0.1, 0.15) is 12.1 Å². The summed E-state index contributed by atoms with van der Waals surface area (Å²) in [7, 11) is 0. The van der Waals surface area contributed by atoms with Crippen LogP contribution < -0.4 is 5.32 Å². The predicted molar refractivity (Wildman–Crippen MR) is 105 cm³/mol. The third kappa shape index (κ3) is 2.85. The Balaban J connectivity index is 1.43. The van der Waals surface area contributed by atoms with Gasteiger partial charge in [-0.2, -0.15) is 5.10 Å². The van der Waals surface area contributed by atoms with E-state index in [4.69, 9.17) is 0 Å². The van der Waals surface area contributed by atoms with Crippen molar-refractivity contribution < 1.29 is 4.79 Å². The van der Waals surface area contributed by atoms with E-state index in [1.165, 1.54) is 0 Å². The van der Waals surface area contributed by atoms with E-state index in [0.717, 1.165) is 46.6 Å².